The minimum atomic E-state index is -0.0643. The first-order valence-electron chi connectivity index (χ1n) is 6.15. The monoisotopic (exact) mass is 279 g/mol. The van der Waals surface area contributed by atoms with Gasteiger partial charge in [-0.1, -0.05) is 24.4 Å². The first-order chi connectivity index (χ1) is 9.16. The Bertz CT molecular complexity index is 473. The molecule has 3 N–H and O–H groups in total. The van der Waals surface area contributed by atoms with Gasteiger partial charge in [0.15, 0.2) is 0 Å². The van der Waals surface area contributed by atoms with Crippen molar-refractivity contribution in [2.75, 3.05) is 38.2 Å². The number of hydrogen-bond donors (Lipinski definition) is 2. The number of carbonyl (C=O) groups excluding carboxylic acids is 1. The zero-order valence-electron chi connectivity index (χ0n) is 10.6. The van der Waals surface area contributed by atoms with Gasteiger partial charge in [0.25, 0.3) is 0 Å². The van der Waals surface area contributed by atoms with Crippen molar-refractivity contribution in [3.63, 3.8) is 0 Å². The van der Waals surface area contributed by atoms with Crippen LogP contribution in [-0.4, -0.2) is 48.6 Å². The van der Waals surface area contributed by atoms with Crippen LogP contribution < -0.4 is 11.1 Å². The zero-order valence-corrected chi connectivity index (χ0v) is 11.4. The van der Waals surface area contributed by atoms with E-state index in [0.717, 1.165) is 13.1 Å². The Kier molecular flexibility index (Phi) is 4.84. The van der Waals surface area contributed by atoms with Crippen molar-refractivity contribution >= 4 is 28.8 Å². The summed E-state index contributed by atoms with van der Waals surface area (Å²) in [5.41, 5.74) is 6.98. The SMILES string of the molecule is NC(=S)c1ccccc1NC(=O)CN1CCOCC1. The molecule has 0 radical (unpaired) electrons. The molecule has 1 aliphatic heterocycles. The van der Waals surface area contributed by atoms with E-state index in [2.05, 4.69) is 10.2 Å². The molecule has 2 rings (SSSR count). The van der Waals surface area contributed by atoms with E-state index in [9.17, 15) is 4.79 Å². The van der Waals surface area contributed by atoms with Gasteiger partial charge in [0.05, 0.1) is 25.4 Å². The number of hydrogen-bond acceptors (Lipinski definition) is 4. The second-order valence-corrected chi connectivity index (χ2v) is 4.79. The number of para-hydroxylation sites is 1. The summed E-state index contributed by atoms with van der Waals surface area (Å²) < 4.78 is 5.24. The van der Waals surface area contributed by atoms with Crippen molar-refractivity contribution in [2.24, 2.45) is 5.73 Å². The molecule has 0 atom stereocenters. The Morgan fingerprint density at radius 1 is 1.37 bits per heavy atom. The molecule has 0 aromatic heterocycles. The number of thiocarbonyl (C=S) groups is 1. The van der Waals surface area contributed by atoms with E-state index in [0.29, 0.717) is 31.0 Å². The van der Waals surface area contributed by atoms with Crippen LogP contribution in [0, 0.1) is 0 Å². The fourth-order valence-electron chi connectivity index (χ4n) is 1.96. The number of nitrogens with two attached hydrogens (primary N) is 1. The minimum absolute atomic E-state index is 0.0643. The highest BCUT2D eigenvalue weighted by Crippen LogP contribution is 2.14. The second kappa shape index (κ2) is 6.60. The predicted octanol–water partition coefficient (Wildman–Crippen LogP) is 0.591. The van der Waals surface area contributed by atoms with Crippen LogP contribution in [0.4, 0.5) is 5.69 Å². The molecule has 1 aromatic carbocycles. The lowest BCUT2D eigenvalue weighted by molar-refractivity contribution is -0.118. The molecule has 5 nitrogen and oxygen atoms in total. The number of carbonyl (C=O) groups is 1. The summed E-state index contributed by atoms with van der Waals surface area (Å²) in [4.78, 5) is 14.3. The molecule has 102 valence electrons. The van der Waals surface area contributed by atoms with Crippen LogP contribution in [-0.2, 0) is 9.53 Å². The highest BCUT2D eigenvalue weighted by Gasteiger charge is 2.15. The van der Waals surface area contributed by atoms with E-state index >= 15 is 0 Å². The molecule has 0 aliphatic carbocycles. The largest absolute Gasteiger partial charge is 0.389 e. The fourth-order valence-corrected chi connectivity index (χ4v) is 2.14. The maximum atomic E-state index is 12.0. The summed E-state index contributed by atoms with van der Waals surface area (Å²) in [5, 5.41) is 2.85. The Labute approximate surface area is 117 Å². The van der Waals surface area contributed by atoms with Gasteiger partial charge in [0.2, 0.25) is 5.91 Å². The van der Waals surface area contributed by atoms with Crippen LogP contribution in [0.15, 0.2) is 24.3 Å². The molecule has 1 heterocycles. The average molecular weight is 279 g/mol. The lowest BCUT2D eigenvalue weighted by Crippen LogP contribution is -2.41. The van der Waals surface area contributed by atoms with E-state index in [1.54, 1.807) is 12.1 Å². The number of nitrogens with zero attached hydrogens (tertiary/aromatic N) is 1. The first-order valence-corrected chi connectivity index (χ1v) is 6.56. The topological polar surface area (TPSA) is 67.6 Å². The Morgan fingerprint density at radius 2 is 2.05 bits per heavy atom. The number of ether oxygens (including phenoxy) is 1. The molecular weight excluding hydrogens is 262 g/mol. The molecule has 6 heteroatoms. The smallest absolute Gasteiger partial charge is 0.238 e. The standard InChI is InChI=1S/C13H17N3O2S/c14-13(19)10-3-1-2-4-11(10)15-12(17)9-16-5-7-18-8-6-16/h1-4H,5-9H2,(H2,14,19)(H,15,17). The number of benzene rings is 1. The molecular formula is C13H17N3O2S. The van der Waals surface area contributed by atoms with Gasteiger partial charge in [-0.2, -0.15) is 0 Å². The molecule has 0 unspecified atom stereocenters. The Hall–Kier alpha value is -1.50. The summed E-state index contributed by atoms with van der Waals surface area (Å²) in [6.07, 6.45) is 0. The highest BCUT2D eigenvalue weighted by molar-refractivity contribution is 7.80. The third-order valence-corrected chi connectivity index (χ3v) is 3.16. The van der Waals surface area contributed by atoms with Crippen molar-refractivity contribution in [1.82, 2.24) is 4.90 Å². The van der Waals surface area contributed by atoms with Crippen LogP contribution in [0.1, 0.15) is 5.56 Å². The summed E-state index contributed by atoms with van der Waals surface area (Å²) >= 11 is 4.96. The highest BCUT2D eigenvalue weighted by atomic mass is 32.1. The molecule has 1 aromatic rings. The van der Waals surface area contributed by atoms with Crippen molar-refractivity contribution in [1.29, 1.82) is 0 Å². The lowest BCUT2D eigenvalue weighted by Gasteiger charge is -2.25. The van der Waals surface area contributed by atoms with Crippen molar-refractivity contribution in [2.45, 2.75) is 0 Å². The van der Waals surface area contributed by atoms with Gasteiger partial charge >= 0.3 is 0 Å². The van der Waals surface area contributed by atoms with Crippen LogP contribution in [0.2, 0.25) is 0 Å². The molecule has 1 aliphatic rings. The summed E-state index contributed by atoms with van der Waals surface area (Å²) in [6.45, 7) is 3.28. The number of amides is 1. The van der Waals surface area contributed by atoms with E-state index in [1.807, 2.05) is 12.1 Å². The third-order valence-electron chi connectivity index (χ3n) is 2.94. The van der Waals surface area contributed by atoms with Gasteiger partial charge in [-0.25, -0.2) is 0 Å². The van der Waals surface area contributed by atoms with E-state index in [1.165, 1.54) is 0 Å². The van der Waals surface area contributed by atoms with E-state index in [4.69, 9.17) is 22.7 Å². The number of nitrogens with one attached hydrogen (secondary N) is 1. The number of anilines is 1. The van der Waals surface area contributed by atoms with Gasteiger partial charge in [0.1, 0.15) is 4.99 Å². The molecule has 0 spiro atoms. The van der Waals surface area contributed by atoms with Crippen LogP contribution in [0.3, 0.4) is 0 Å². The van der Waals surface area contributed by atoms with Gasteiger partial charge in [-0.05, 0) is 12.1 Å². The predicted molar refractivity (Wildman–Crippen MR) is 78.2 cm³/mol. The minimum Gasteiger partial charge on any atom is -0.389 e. The quantitative estimate of drug-likeness (QED) is 0.790. The fraction of sp³-hybridized carbons (Fsp3) is 0.385. The van der Waals surface area contributed by atoms with Gasteiger partial charge < -0.3 is 15.8 Å². The van der Waals surface area contributed by atoms with Gasteiger partial charge in [-0.15, -0.1) is 0 Å². The number of rotatable bonds is 4. The molecule has 1 amide bonds. The zero-order chi connectivity index (χ0) is 13.7. The Morgan fingerprint density at radius 3 is 2.74 bits per heavy atom. The number of morpholine rings is 1. The molecule has 0 bridgehead atoms. The average Bonchev–Trinajstić information content (AvgIpc) is 2.40. The Balaban J connectivity index is 1.96. The lowest BCUT2D eigenvalue weighted by atomic mass is 10.2. The van der Waals surface area contributed by atoms with Crippen LogP contribution >= 0.6 is 12.2 Å². The van der Waals surface area contributed by atoms with Crippen LogP contribution in [0.25, 0.3) is 0 Å². The maximum Gasteiger partial charge on any atom is 0.238 e. The van der Waals surface area contributed by atoms with Crippen molar-refractivity contribution < 1.29 is 9.53 Å². The molecule has 0 saturated carbocycles. The molecule has 1 saturated heterocycles. The van der Waals surface area contributed by atoms with E-state index in [-0.39, 0.29) is 10.9 Å². The molecule has 19 heavy (non-hydrogen) atoms. The third kappa shape index (κ3) is 3.99. The summed E-state index contributed by atoms with van der Waals surface area (Å²) in [6, 6.07) is 7.27. The van der Waals surface area contributed by atoms with Crippen molar-refractivity contribution in [3.05, 3.63) is 29.8 Å². The first kappa shape index (κ1) is 13.9. The normalized spacial score (nSPS) is 16.0. The summed E-state index contributed by atoms with van der Waals surface area (Å²) in [5.74, 6) is -0.0643. The maximum absolute atomic E-state index is 12.0. The van der Waals surface area contributed by atoms with Crippen molar-refractivity contribution in [3.8, 4) is 0 Å². The summed E-state index contributed by atoms with van der Waals surface area (Å²) in [7, 11) is 0. The van der Waals surface area contributed by atoms with E-state index < -0.39 is 0 Å². The van der Waals surface area contributed by atoms with Crippen LogP contribution in [0.5, 0.6) is 0 Å². The molecule has 1 fully saturated rings. The van der Waals surface area contributed by atoms with Gasteiger partial charge in [0, 0.05) is 18.7 Å². The second-order valence-electron chi connectivity index (χ2n) is 4.35. The van der Waals surface area contributed by atoms with Gasteiger partial charge in [-0.3, -0.25) is 9.69 Å².